The molecule has 0 spiro atoms. The second kappa shape index (κ2) is 6.15. The number of hydrogen-bond donors (Lipinski definition) is 2. The van der Waals surface area contributed by atoms with Crippen molar-refractivity contribution in [2.75, 3.05) is 26.2 Å². The summed E-state index contributed by atoms with van der Waals surface area (Å²) in [7, 11) is 0. The van der Waals surface area contributed by atoms with Crippen LogP contribution in [-0.4, -0.2) is 55.1 Å². The van der Waals surface area contributed by atoms with Gasteiger partial charge in [-0.2, -0.15) is 0 Å². The fourth-order valence-corrected chi connectivity index (χ4v) is 2.63. The molecule has 2 aliphatic heterocycles. The number of hydrogen-bond acceptors (Lipinski definition) is 4. The summed E-state index contributed by atoms with van der Waals surface area (Å²) in [4.78, 5) is 25.1. The van der Waals surface area contributed by atoms with Gasteiger partial charge in [-0.1, -0.05) is 0 Å². The van der Waals surface area contributed by atoms with Crippen LogP contribution in [0.15, 0.2) is 0 Å². The van der Waals surface area contributed by atoms with E-state index in [1.165, 1.54) is 0 Å². The first-order valence-electron chi connectivity index (χ1n) is 6.59. The molecule has 2 fully saturated rings. The van der Waals surface area contributed by atoms with Gasteiger partial charge in [-0.15, -0.1) is 0 Å². The van der Waals surface area contributed by atoms with E-state index < -0.39 is 5.91 Å². The number of carbonyl (C=O) groups is 2. The molecule has 2 heterocycles. The van der Waals surface area contributed by atoms with Crippen LogP contribution in [0, 0.1) is 0 Å². The fraction of sp³-hybridized carbons (Fsp3) is 0.833. The van der Waals surface area contributed by atoms with Crippen LogP contribution >= 0.6 is 0 Å². The summed E-state index contributed by atoms with van der Waals surface area (Å²) in [6.45, 7) is 2.38. The Bertz CT molecular complexity index is 310. The molecule has 0 aromatic rings. The molecule has 2 saturated heterocycles. The van der Waals surface area contributed by atoms with Crippen LogP contribution in [0.5, 0.6) is 0 Å². The predicted molar refractivity (Wildman–Crippen MR) is 65.8 cm³/mol. The molecule has 102 valence electrons. The van der Waals surface area contributed by atoms with Crippen LogP contribution in [0.1, 0.15) is 25.7 Å². The predicted octanol–water partition coefficient (Wildman–Crippen LogP) is -0.769. The lowest BCUT2D eigenvalue weighted by Gasteiger charge is -2.35. The van der Waals surface area contributed by atoms with Crippen molar-refractivity contribution in [1.82, 2.24) is 10.2 Å². The minimum atomic E-state index is -0.458. The number of piperidine rings is 1. The first kappa shape index (κ1) is 13.3. The highest BCUT2D eigenvalue weighted by molar-refractivity contribution is 5.86. The van der Waals surface area contributed by atoms with E-state index in [0.29, 0.717) is 6.61 Å². The number of nitrogens with zero attached hydrogens (tertiary/aromatic N) is 1. The van der Waals surface area contributed by atoms with E-state index >= 15 is 0 Å². The highest BCUT2D eigenvalue weighted by Crippen LogP contribution is 2.19. The SMILES string of the molecule is NC(=O)CN(C(=O)C1CCCO1)C1CCNCC1. The van der Waals surface area contributed by atoms with Gasteiger partial charge < -0.3 is 20.7 Å². The highest BCUT2D eigenvalue weighted by atomic mass is 16.5. The number of amides is 2. The largest absolute Gasteiger partial charge is 0.368 e. The normalized spacial score (nSPS) is 25.0. The number of carbonyl (C=O) groups excluding carboxylic acids is 2. The van der Waals surface area contributed by atoms with Gasteiger partial charge in [0.15, 0.2) is 0 Å². The number of nitrogens with two attached hydrogens (primary N) is 1. The minimum absolute atomic E-state index is 0.00333. The standard InChI is InChI=1S/C12H21N3O3/c13-11(16)8-15(9-3-5-14-6-4-9)12(17)10-2-1-7-18-10/h9-10,14H,1-8H2,(H2,13,16). The van der Waals surface area contributed by atoms with Crippen molar-refractivity contribution in [3.63, 3.8) is 0 Å². The number of ether oxygens (including phenoxy) is 1. The van der Waals surface area contributed by atoms with E-state index in [-0.39, 0.29) is 24.6 Å². The molecule has 0 saturated carbocycles. The average Bonchev–Trinajstić information content (AvgIpc) is 2.90. The van der Waals surface area contributed by atoms with E-state index in [9.17, 15) is 9.59 Å². The van der Waals surface area contributed by atoms with Crippen molar-refractivity contribution >= 4 is 11.8 Å². The molecule has 0 aromatic heterocycles. The zero-order valence-corrected chi connectivity index (χ0v) is 10.6. The van der Waals surface area contributed by atoms with Gasteiger partial charge in [-0.05, 0) is 38.8 Å². The number of nitrogens with one attached hydrogen (secondary N) is 1. The summed E-state index contributed by atoms with van der Waals surface area (Å²) in [6.07, 6.45) is 3.02. The van der Waals surface area contributed by atoms with Crippen LogP contribution < -0.4 is 11.1 Å². The summed E-state index contributed by atoms with van der Waals surface area (Å²) in [5, 5.41) is 3.25. The summed E-state index contributed by atoms with van der Waals surface area (Å²) < 4.78 is 5.41. The lowest BCUT2D eigenvalue weighted by molar-refractivity contribution is -0.146. The van der Waals surface area contributed by atoms with Crippen molar-refractivity contribution < 1.29 is 14.3 Å². The lowest BCUT2D eigenvalue weighted by Crippen LogP contribution is -2.52. The first-order valence-corrected chi connectivity index (χ1v) is 6.59. The van der Waals surface area contributed by atoms with E-state index in [1.807, 2.05) is 0 Å². The van der Waals surface area contributed by atoms with Gasteiger partial charge in [0.1, 0.15) is 6.10 Å². The molecular weight excluding hydrogens is 234 g/mol. The Hall–Kier alpha value is -1.14. The van der Waals surface area contributed by atoms with Crippen molar-refractivity contribution in [3.05, 3.63) is 0 Å². The molecule has 2 amide bonds. The quantitative estimate of drug-likeness (QED) is 0.691. The maximum absolute atomic E-state index is 12.4. The van der Waals surface area contributed by atoms with Crippen LogP contribution in [0.25, 0.3) is 0 Å². The Morgan fingerprint density at radius 1 is 1.28 bits per heavy atom. The Labute approximate surface area is 107 Å². The third kappa shape index (κ3) is 3.20. The molecule has 3 N–H and O–H groups in total. The molecule has 2 rings (SSSR count). The van der Waals surface area contributed by atoms with Crippen LogP contribution in [0.2, 0.25) is 0 Å². The highest BCUT2D eigenvalue weighted by Gasteiger charge is 2.33. The Balaban J connectivity index is 2.02. The third-order valence-corrected chi connectivity index (χ3v) is 3.56. The topological polar surface area (TPSA) is 84.7 Å². The summed E-state index contributed by atoms with van der Waals surface area (Å²) in [6, 6.07) is 0.107. The summed E-state index contributed by atoms with van der Waals surface area (Å²) >= 11 is 0. The maximum Gasteiger partial charge on any atom is 0.252 e. The van der Waals surface area contributed by atoms with Gasteiger partial charge in [0.25, 0.3) is 5.91 Å². The lowest BCUT2D eigenvalue weighted by atomic mass is 10.0. The van der Waals surface area contributed by atoms with E-state index in [1.54, 1.807) is 4.90 Å². The van der Waals surface area contributed by atoms with Gasteiger partial charge in [0.05, 0.1) is 6.54 Å². The van der Waals surface area contributed by atoms with E-state index in [2.05, 4.69) is 5.32 Å². The molecule has 6 heteroatoms. The van der Waals surface area contributed by atoms with Crippen LogP contribution in [-0.2, 0) is 14.3 Å². The molecule has 18 heavy (non-hydrogen) atoms. The molecule has 1 atom stereocenters. The van der Waals surface area contributed by atoms with Gasteiger partial charge in [-0.3, -0.25) is 9.59 Å². The maximum atomic E-state index is 12.4. The molecular formula is C12H21N3O3. The van der Waals surface area contributed by atoms with Crippen molar-refractivity contribution in [2.45, 2.75) is 37.8 Å². The molecule has 2 aliphatic rings. The van der Waals surface area contributed by atoms with Crippen LogP contribution in [0.3, 0.4) is 0 Å². The molecule has 6 nitrogen and oxygen atoms in total. The molecule has 0 aliphatic carbocycles. The molecule has 1 unspecified atom stereocenters. The smallest absolute Gasteiger partial charge is 0.252 e. The Morgan fingerprint density at radius 3 is 2.56 bits per heavy atom. The van der Waals surface area contributed by atoms with Crippen molar-refractivity contribution in [3.8, 4) is 0 Å². The monoisotopic (exact) mass is 255 g/mol. The minimum Gasteiger partial charge on any atom is -0.368 e. The average molecular weight is 255 g/mol. The molecule has 0 aromatic carbocycles. The van der Waals surface area contributed by atoms with Gasteiger partial charge in [0, 0.05) is 12.6 Å². The van der Waals surface area contributed by atoms with Gasteiger partial charge in [-0.25, -0.2) is 0 Å². The van der Waals surface area contributed by atoms with Crippen molar-refractivity contribution in [2.24, 2.45) is 5.73 Å². The summed E-state index contributed by atoms with van der Waals surface area (Å²) in [5.41, 5.74) is 5.25. The second-order valence-corrected chi connectivity index (χ2v) is 4.92. The molecule has 0 bridgehead atoms. The number of rotatable bonds is 4. The zero-order valence-electron chi connectivity index (χ0n) is 10.6. The van der Waals surface area contributed by atoms with Gasteiger partial charge in [0.2, 0.25) is 5.91 Å². The summed E-state index contributed by atoms with van der Waals surface area (Å²) in [5.74, 6) is -0.530. The third-order valence-electron chi connectivity index (χ3n) is 3.56. The zero-order chi connectivity index (χ0) is 13.0. The van der Waals surface area contributed by atoms with Gasteiger partial charge >= 0.3 is 0 Å². The molecule has 0 radical (unpaired) electrons. The van der Waals surface area contributed by atoms with E-state index in [0.717, 1.165) is 38.8 Å². The van der Waals surface area contributed by atoms with Crippen molar-refractivity contribution in [1.29, 1.82) is 0 Å². The van der Waals surface area contributed by atoms with E-state index in [4.69, 9.17) is 10.5 Å². The Morgan fingerprint density at radius 2 is 2.00 bits per heavy atom. The van der Waals surface area contributed by atoms with Crippen LogP contribution in [0.4, 0.5) is 0 Å². The first-order chi connectivity index (χ1) is 8.68. The Kier molecular flexibility index (Phi) is 4.54. The fourth-order valence-electron chi connectivity index (χ4n) is 2.63. The second-order valence-electron chi connectivity index (χ2n) is 4.92. The number of primary amides is 1.